The number of nitrogens with zero attached hydrogens (tertiary/aromatic N) is 3. The topological polar surface area (TPSA) is 70.6 Å². The molecule has 0 unspecified atom stereocenters. The van der Waals surface area contributed by atoms with Crippen LogP contribution in [0.5, 0.6) is 0 Å². The van der Waals surface area contributed by atoms with Crippen LogP contribution in [0.2, 0.25) is 0 Å². The predicted molar refractivity (Wildman–Crippen MR) is 72.1 cm³/mol. The first kappa shape index (κ1) is 14.2. The van der Waals surface area contributed by atoms with E-state index in [1.165, 1.54) is 6.20 Å². The van der Waals surface area contributed by atoms with Gasteiger partial charge in [-0.15, -0.1) is 0 Å². The molecule has 0 aliphatic carbocycles. The van der Waals surface area contributed by atoms with Gasteiger partial charge in [0.1, 0.15) is 12.2 Å². The Bertz CT molecular complexity index is 521. The Kier molecular flexibility index (Phi) is 4.12. The van der Waals surface area contributed by atoms with E-state index in [9.17, 15) is 14.4 Å². The quantitative estimate of drug-likeness (QED) is 0.750. The number of imide groups is 1. The van der Waals surface area contributed by atoms with E-state index < -0.39 is 11.8 Å². The molecule has 20 heavy (non-hydrogen) atoms. The molecule has 0 spiro atoms. The molecule has 106 valence electrons. The lowest BCUT2D eigenvalue weighted by Gasteiger charge is -2.20. The molecule has 6 nitrogen and oxygen atoms in total. The number of fused-ring (bicyclic) bond motifs is 1. The third-order valence-electron chi connectivity index (χ3n) is 3.30. The van der Waals surface area contributed by atoms with Crippen molar-refractivity contribution in [3.63, 3.8) is 0 Å². The number of rotatable bonds is 5. The van der Waals surface area contributed by atoms with Gasteiger partial charge in [0, 0.05) is 19.8 Å². The molecule has 0 radical (unpaired) electrons. The summed E-state index contributed by atoms with van der Waals surface area (Å²) in [6.07, 6.45) is 3.34. The summed E-state index contributed by atoms with van der Waals surface area (Å²) in [5, 5.41) is 0. The van der Waals surface area contributed by atoms with Crippen LogP contribution in [0, 0.1) is 0 Å². The number of hydrogen-bond donors (Lipinski definition) is 0. The van der Waals surface area contributed by atoms with Crippen LogP contribution in [0.15, 0.2) is 18.3 Å². The minimum atomic E-state index is -0.497. The smallest absolute Gasteiger partial charge is 0.280 e. The molecule has 0 bridgehead atoms. The molecule has 0 saturated heterocycles. The highest BCUT2D eigenvalue weighted by atomic mass is 16.2. The van der Waals surface area contributed by atoms with E-state index in [4.69, 9.17) is 0 Å². The lowest BCUT2D eigenvalue weighted by molar-refractivity contribution is -0.130. The molecule has 1 aliphatic heterocycles. The maximum atomic E-state index is 12.1. The van der Waals surface area contributed by atoms with Crippen LogP contribution < -0.4 is 0 Å². The number of unbranched alkanes of at least 4 members (excludes halogenated alkanes) is 1. The summed E-state index contributed by atoms with van der Waals surface area (Å²) in [5.41, 5.74) is 0.392. The highest BCUT2D eigenvalue weighted by molar-refractivity contribution is 6.21. The zero-order valence-electron chi connectivity index (χ0n) is 11.6. The van der Waals surface area contributed by atoms with Crippen LogP contribution in [0.25, 0.3) is 0 Å². The van der Waals surface area contributed by atoms with Crippen molar-refractivity contribution in [2.45, 2.75) is 19.8 Å². The molecular weight excluding hydrogens is 258 g/mol. The molecule has 6 heteroatoms. The monoisotopic (exact) mass is 275 g/mol. The Morgan fingerprint density at radius 2 is 2.10 bits per heavy atom. The average Bonchev–Trinajstić information content (AvgIpc) is 2.70. The van der Waals surface area contributed by atoms with Crippen molar-refractivity contribution >= 4 is 17.7 Å². The number of carbonyl (C=O) groups is 3. The van der Waals surface area contributed by atoms with Gasteiger partial charge >= 0.3 is 0 Å². The Morgan fingerprint density at radius 1 is 1.35 bits per heavy atom. The summed E-state index contributed by atoms with van der Waals surface area (Å²) in [4.78, 5) is 42.5. The van der Waals surface area contributed by atoms with Crippen LogP contribution in [0.3, 0.4) is 0 Å². The minimum absolute atomic E-state index is 0.126. The second-order valence-corrected chi connectivity index (χ2v) is 4.76. The molecule has 3 amide bonds. The number of amides is 3. The molecule has 2 heterocycles. The van der Waals surface area contributed by atoms with Gasteiger partial charge in [-0.1, -0.05) is 13.3 Å². The zero-order chi connectivity index (χ0) is 14.7. The molecule has 0 fully saturated rings. The van der Waals surface area contributed by atoms with Gasteiger partial charge in [0.25, 0.3) is 11.8 Å². The molecule has 1 aromatic heterocycles. The van der Waals surface area contributed by atoms with E-state index >= 15 is 0 Å². The zero-order valence-corrected chi connectivity index (χ0v) is 11.6. The standard InChI is InChI=1S/C14H17N3O3/c1-3-4-8-16(2)11(18)9-17-13(19)10-6-5-7-15-12(10)14(17)20/h5-7H,3-4,8-9H2,1-2H3. The van der Waals surface area contributed by atoms with E-state index in [1.54, 1.807) is 24.1 Å². The maximum absolute atomic E-state index is 12.1. The fourth-order valence-electron chi connectivity index (χ4n) is 2.03. The third kappa shape index (κ3) is 2.54. The Balaban J connectivity index is 2.07. The summed E-state index contributed by atoms with van der Waals surface area (Å²) in [6.45, 7) is 2.43. The highest BCUT2D eigenvalue weighted by Gasteiger charge is 2.37. The molecule has 0 N–H and O–H groups in total. The number of hydrogen-bond acceptors (Lipinski definition) is 4. The summed E-state index contributed by atoms with van der Waals surface area (Å²) in [7, 11) is 1.68. The van der Waals surface area contributed by atoms with Crippen molar-refractivity contribution < 1.29 is 14.4 Å². The van der Waals surface area contributed by atoms with Crippen LogP contribution in [0.1, 0.15) is 40.6 Å². The van der Waals surface area contributed by atoms with E-state index in [-0.39, 0.29) is 23.7 Å². The highest BCUT2D eigenvalue weighted by Crippen LogP contribution is 2.20. The first-order valence-electron chi connectivity index (χ1n) is 6.61. The second-order valence-electron chi connectivity index (χ2n) is 4.76. The molecule has 0 atom stereocenters. The summed E-state index contributed by atoms with van der Waals surface area (Å²) in [5.74, 6) is -1.19. The first-order valence-corrected chi connectivity index (χ1v) is 6.61. The number of likely N-dealkylation sites (N-methyl/N-ethyl adjacent to an activating group) is 1. The summed E-state index contributed by atoms with van der Waals surface area (Å²) >= 11 is 0. The van der Waals surface area contributed by atoms with Crippen LogP contribution in [0.4, 0.5) is 0 Å². The van der Waals surface area contributed by atoms with Crippen molar-refractivity contribution in [1.82, 2.24) is 14.8 Å². The number of pyridine rings is 1. The van der Waals surface area contributed by atoms with Gasteiger partial charge in [0.15, 0.2) is 0 Å². The molecule has 0 saturated carbocycles. The van der Waals surface area contributed by atoms with Crippen molar-refractivity contribution in [3.05, 3.63) is 29.6 Å². The van der Waals surface area contributed by atoms with Crippen molar-refractivity contribution in [2.75, 3.05) is 20.1 Å². The summed E-state index contributed by atoms with van der Waals surface area (Å²) < 4.78 is 0. The molecule has 1 aromatic rings. The number of carbonyl (C=O) groups excluding carboxylic acids is 3. The minimum Gasteiger partial charge on any atom is -0.344 e. The van der Waals surface area contributed by atoms with Gasteiger partial charge in [-0.05, 0) is 18.6 Å². The maximum Gasteiger partial charge on any atom is 0.280 e. The Hall–Kier alpha value is -2.24. The normalized spacial score (nSPS) is 13.6. The molecule has 1 aliphatic rings. The van der Waals surface area contributed by atoms with Crippen LogP contribution in [-0.2, 0) is 4.79 Å². The largest absolute Gasteiger partial charge is 0.344 e. The fraction of sp³-hybridized carbons (Fsp3) is 0.429. The Morgan fingerprint density at radius 3 is 2.75 bits per heavy atom. The van der Waals surface area contributed by atoms with E-state index in [2.05, 4.69) is 4.98 Å². The second kappa shape index (κ2) is 5.81. The molecule has 0 aromatic carbocycles. The van der Waals surface area contributed by atoms with E-state index in [1.807, 2.05) is 6.92 Å². The van der Waals surface area contributed by atoms with Gasteiger partial charge in [-0.3, -0.25) is 24.3 Å². The third-order valence-corrected chi connectivity index (χ3v) is 3.30. The lowest BCUT2D eigenvalue weighted by atomic mass is 10.2. The van der Waals surface area contributed by atoms with Gasteiger partial charge in [-0.25, -0.2) is 0 Å². The van der Waals surface area contributed by atoms with Gasteiger partial charge in [0.05, 0.1) is 5.56 Å². The Labute approximate surface area is 117 Å². The molecular formula is C14H17N3O3. The first-order chi connectivity index (χ1) is 9.56. The summed E-state index contributed by atoms with van der Waals surface area (Å²) in [6, 6.07) is 3.15. The van der Waals surface area contributed by atoms with Crippen molar-refractivity contribution in [3.8, 4) is 0 Å². The predicted octanol–water partition coefficient (Wildman–Crippen LogP) is 0.936. The van der Waals surface area contributed by atoms with Gasteiger partial charge in [-0.2, -0.15) is 0 Å². The van der Waals surface area contributed by atoms with E-state index in [0.29, 0.717) is 6.54 Å². The van der Waals surface area contributed by atoms with Gasteiger partial charge in [0.2, 0.25) is 5.91 Å². The van der Waals surface area contributed by atoms with E-state index in [0.717, 1.165) is 17.7 Å². The number of aromatic nitrogens is 1. The lowest BCUT2D eigenvalue weighted by Crippen LogP contribution is -2.41. The van der Waals surface area contributed by atoms with Crippen molar-refractivity contribution in [2.24, 2.45) is 0 Å². The van der Waals surface area contributed by atoms with Gasteiger partial charge < -0.3 is 4.90 Å². The van der Waals surface area contributed by atoms with Crippen LogP contribution in [-0.4, -0.2) is 52.6 Å². The average molecular weight is 275 g/mol. The van der Waals surface area contributed by atoms with Crippen LogP contribution >= 0.6 is 0 Å². The fourth-order valence-corrected chi connectivity index (χ4v) is 2.03. The van der Waals surface area contributed by atoms with Crippen molar-refractivity contribution in [1.29, 1.82) is 0 Å². The SMILES string of the molecule is CCCCN(C)C(=O)CN1C(=O)c2cccnc2C1=O. The molecule has 2 rings (SSSR count).